The van der Waals surface area contributed by atoms with Crippen LogP contribution in [0.1, 0.15) is 33.6 Å². The highest BCUT2D eigenvalue weighted by atomic mass is 16.4. The summed E-state index contributed by atoms with van der Waals surface area (Å²) in [6.07, 6.45) is -1.87. The van der Waals surface area contributed by atoms with Gasteiger partial charge in [-0.2, -0.15) is 0 Å². The quantitative estimate of drug-likeness (QED) is 0.181. The summed E-state index contributed by atoms with van der Waals surface area (Å²) in [5, 5.41) is 33.8. The number of carbonyl (C=O) groups excluding carboxylic acids is 3. The minimum Gasteiger partial charge on any atom is -0.481 e. The van der Waals surface area contributed by atoms with Gasteiger partial charge in [0.25, 0.3) is 0 Å². The van der Waals surface area contributed by atoms with Gasteiger partial charge in [-0.15, -0.1) is 0 Å². The normalized spacial score (nSPS) is 15.1. The van der Waals surface area contributed by atoms with Crippen LogP contribution in [0.2, 0.25) is 0 Å². The molecule has 12 heteroatoms. The van der Waals surface area contributed by atoms with Crippen LogP contribution in [0, 0.1) is 5.92 Å². The third-order valence-electron chi connectivity index (χ3n) is 3.55. The number of aliphatic hydroxyl groups is 1. The lowest BCUT2D eigenvalue weighted by Crippen LogP contribution is -2.59. The van der Waals surface area contributed by atoms with Crippen molar-refractivity contribution in [2.24, 2.45) is 11.7 Å². The Morgan fingerprint density at radius 1 is 0.893 bits per heavy atom. The second-order valence-corrected chi connectivity index (χ2v) is 6.73. The number of amides is 3. The first-order valence-corrected chi connectivity index (χ1v) is 8.60. The van der Waals surface area contributed by atoms with E-state index in [9.17, 15) is 29.1 Å². The number of nitrogens with one attached hydrogen (secondary N) is 3. The predicted molar refractivity (Wildman–Crippen MR) is 95.9 cm³/mol. The molecule has 0 spiro atoms. The number of carbonyl (C=O) groups is 5. The Bertz CT molecular complexity index is 593. The number of nitrogens with two attached hydrogens (primary N) is 1. The molecule has 0 aromatic heterocycles. The third-order valence-corrected chi connectivity index (χ3v) is 3.55. The molecule has 0 aromatic carbocycles. The predicted octanol–water partition coefficient (Wildman–Crippen LogP) is -2.61. The lowest BCUT2D eigenvalue weighted by molar-refractivity contribution is -0.140. The maximum Gasteiger partial charge on any atom is 0.322 e. The standard InChI is InChI=1S/C16H28N4O8/c1-7(2)4-10(15(27)18-6-12(24)25)19-16(28)13(8(3)21)20-14(26)9(17)5-11(22)23/h7-10,13,21H,4-6,17H2,1-3H3,(H,18,27)(H,19,28)(H,20,26)(H,22,23)(H,24,25). The van der Waals surface area contributed by atoms with Gasteiger partial charge in [-0.05, 0) is 19.3 Å². The van der Waals surface area contributed by atoms with E-state index in [2.05, 4.69) is 16.0 Å². The van der Waals surface area contributed by atoms with E-state index >= 15 is 0 Å². The van der Waals surface area contributed by atoms with Crippen molar-refractivity contribution in [2.45, 2.75) is 57.8 Å². The summed E-state index contributed by atoms with van der Waals surface area (Å²) in [5.41, 5.74) is 5.42. The third kappa shape index (κ3) is 9.83. The summed E-state index contributed by atoms with van der Waals surface area (Å²) < 4.78 is 0. The van der Waals surface area contributed by atoms with Crippen molar-refractivity contribution >= 4 is 29.7 Å². The molecule has 0 bridgehead atoms. The van der Waals surface area contributed by atoms with E-state index in [0.717, 1.165) is 0 Å². The lowest BCUT2D eigenvalue weighted by Gasteiger charge is -2.26. The Kier molecular flexibility index (Phi) is 10.7. The van der Waals surface area contributed by atoms with Crippen molar-refractivity contribution in [3.05, 3.63) is 0 Å². The molecular formula is C16H28N4O8. The molecule has 0 aliphatic rings. The molecule has 0 aliphatic carbocycles. The van der Waals surface area contributed by atoms with Gasteiger partial charge in [-0.1, -0.05) is 13.8 Å². The average molecular weight is 404 g/mol. The maximum absolute atomic E-state index is 12.5. The minimum absolute atomic E-state index is 0.0375. The first kappa shape index (κ1) is 25.3. The van der Waals surface area contributed by atoms with Crippen LogP contribution in [0.3, 0.4) is 0 Å². The summed E-state index contributed by atoms with van der Waals surface area (Å²) in [5.74, 6) is -5.20. The fourth-order valence-electron chi connectivity index (χ4n) is 2.20. The highest BCUT2D eigenvalue weighted by Crippen LogP contribution is 2.06. The van der Waals surface area contributed by atoms with Gasteiger partial charge in [-0.25, -0.2) is 0 Å². The molecule has 3 amide bonds. The van der Waals surface area contributed by atoms with E-state index in [1.54, 1.807) is 13.8 Å². The van der Waals surface area contributed by atoms with E-state index in [1.807, 2.05) is 0 Å². The number of aliphatic carboxylic acids is 2. The molecule has 0 rings (SSSR count). The van der Waals surface area contributed by atoms with Crippen LogP contribution in [0.25, 0.3) is 0 Å². The van der Waals surface area contributed by atoms with Crippen LogP contribution in [0.4, 0.5) is 0 Å². The fourth-order valence-corrected chi connectivity index (χ4v) is 2.20. The topological polar surface area (TPSA) is 208 Å². The van der Waals surface area contributed by atoms with Gasteiger partial charge < -0.3 is 37.0 Å². The van der Waals surface area contributed by atoms with E-state index < -0.39 is 66.9 Å². The van der Waals surface area contributed by atoms with Crippen molar-refractivity contribution in [3.63, 3.8) is 0 Å². The van der Waals surface area contributed by atoms with E-state index in [1.165, 1.54) is 6.92 Å². The van der Waals surface area contributed by atoms with Crippen molar-refractivity contribution in [1.82, 2.24) is 16.0 Å². The van der Waals surface area contributed by atoms with Crippen LogP contribution in [-0.2, 0) is 24.0 Å². The van der Waals surface area contributed by atoms with Crippen molar-refractivity contribution in [3.8, 4) is 0 Å². The number of aliphatic hydroxyl groups excluding tert-OH is 1. The zero-order valence-corrected chi connectivity index (χ0v) is 16.0. The molecule has 4 atom stereocenters. The molecule has 0 radical (unpaired) electrons. The van der Waals surface area contributed by atoms with Gasteiger partial charge in [0.2, 0.25) is 17.7 Å². The van der Waals surface area contributed by atoms with Crippen molar-refractivity contribution in [1.29, 1.82) is 0 Å². The molecule has 0 fully saturated rings. The summed E-state index contributed by atoms with van der Waals surface area (Å²) in [6, 6.07) is -4.02. The molecule has 0 aliphatic heterocycles. The Morgan fingerprint density at radius 2 is 1.46 bits per heavy atom. The second kappa shape index (κ2) is 11.9. The Labute approximate surface area is 161 Å². The largest absolute Gasteiger partial charge is 0.481 e. The Balaban J connectivity index is 5.17. The van der Waals surface area contributed by atoms with Crippen molar-refractivity contribution in [2.75, 3.05) is 6.54 Å². The SMILES string of the molecule is CC(C)CC(NC(=O)C(NC(=O)C(N)CC(=O)O)C(C)O)C(=O)NCC(=O)O. The molecule has 0 heterocycles. The summed E-state index contributed by atoms with van der Waals surface area (Å²) >= 11 is 0. The van der Waals surface area contributed by atoms with Crippen molar-refractivity contribution < 1.29 is 39.3 Å². The fraction of sp³-hybridized carbons (Fsp3) is 0.688. The monoisotopic (exact) mass is 404 g/mol. The van der Waals surface area contributed by atoms with Crippen LogP contribution in [0.5, 0.6) is 0 Å². The molecule has 0 saturated carbocycles. The number of hydrogen-bond acceptors (Lipinski definition) is 7. The highest BCUT2D eigenvalue weighted by Gasteiger charge is 2.31. The summed E-state index contributed by atoms with van der Waals surface area (Å²) in [6.45, 7) is 4.14. The van der Waals surface area contributed by atoms with Gasteiger partial charge in [-0.3, -0.25) is 24.0 Å². The minimum atomic E-state index is -1.49. The Hall–Kier alpha value is -2.73. The average Bonchev–Trinajstić information content (AvgIpc) is 2.54. The number of carboxylic acid groups (broad SMARTS) is 2. The smallest absolute Gasteiger partial charge is 0.322 e. The highest BCUT2D eigenvalue weighted by molar-refractivity contribution is 5.94. The summed E-state index contributed by atoms with van der Waals surface area (Å²) in [7, 11) is 0. The van der Waals surface area contributed by atoms with E-state index in [0.29, 0.717) is 0 Å². The first-order valence-electron chi connectivity index (χ1n) is 8.60. The van der Waals surface area contributed by atoms with Gasteiger partial charge in [0.15, 0.2) is 0 Å². The second-order valence-electron chi connectivity index (χ2n) is 6.73. The van der Waals surface area contributed by atoms with Gasteiger partial charge >= 0.3 is 11.9 Å². The number of carboxylic acids is 2. The lowest BCUT2D eigenvalue weighted by atomic mass is 10.0. The molecule has 0 aromatic rings. The maximum atomic E-state index is 12.5. The van der Waals surface area contributed by atoms with Gasteiger partial charge in [0.05, 0.1) is 18.6 Å². The van der Waals surface area contributed by atoms with Crippen LogP contribution >= 0.6 is 0 Å². The molecule has 12 nitrogen and oxygen atoms in total. The first-order chi connectivity index (χ1) is 12.8. The van der Waals surface area contributed by atoms with Gasteiger partial charge in [0, 0.05) is 0 Å². The van der Waals surface area contributed by atoms with Crippen LogP contribution < -0.4 is 21.7 Å². The summed E-state index contributed by atoms with van der Waals surface area (Å²) in [4.78, 5) is 57.8. The number of hydrogen-bond donors (Lipinski definition) is 7. The zero-order valence-electron chi connectivity index (χ0n) is 16.0. The molecular weight excluding hydrogens is 376 g/mol. The molecule has 0 saturated heterocycles. The van der Waals surface area contributed by atoms with Crippen LogP contribution in [0.15, 0.2) is 0 Å². The zero-order chi connectivity index (χ0) is 22.0. The molecule has 4 unspecified atom stereocenters. The Morgan fingerprint density at radius 3 is 1.89 bits per heavy atom. The molecule has 8 N–H and O–H groups in total. The number of rotatable bonds is 12. The molecule has 160 valence electrons. The van der Waals surface area contributed by atoms with E-state index in [4.69, 9.17) is 15.9 Å². The van der Waals surface area contributed by atoms with Gasteiger partial charge in [0.1, 0.15) is 18.6 Å². The van der Waals surface area contributed by atoms with E-state index in [-0.39, 0.29) is 12.3 Å². The van der Waals surface area contributed by atoms with Crippen LogP contribution in [-0.4, -0.2) is 75.8 Å². The molecule has 28 heavy (non-hydrogen) atoms.